The fraction of sp³-hybridized carbons (Fsp3) is 0.500. The van der Waals surface area contributed by atoms with Crippen LogP contribution in [0, 0.1) is 23.1 Å². The van der Waals surface area contributed by atoms with E-state index in [4.69, 9.17) is 11.0 Å². The predicted octanol–water partition coefficient (Wildman–Crippen LogP) is 1.91. The minimum absolute atomic E-state index is 0. The SMILES string of the molecule is Cl.N#Cc1cc(S(=O)(=O)NC2CCCCC2CN)ccc1F. The average molecular weight is 348 g/mol. The zero-order valence-corrected chi connectivity index (χ0v) is 13.6. The number of hydrogen-bond acceptors (Lipinski definition) is 4. The van der Waals surface area contributed by atoms with Gasteiger partial charge < -0.3 is 5.73 Å². The van der Waals surface area contributed by atoms with Crippen LogP contribution in [0.1, 0.15) is 31.2 Å². The highest BCUT2D eigenvalue weighted by Gasteiger charge is 2.28. The molecule has 122 valence electrons. The lowest BCUT2D eigenvalue weighted by atomic mass is 9.85. The quantitative estimate of drug-likeness (QED) is 0.869. The lowest BCUT2D eigenvalue weighted by Gasteiger charge is -2.31. The molecule has 0 heterocycles. The zero-order valence-electron chi connectivity index (χ0n) is 12.0. The van der Waals surface area contributed by atoms with Gasteiger partial charge in [-0.15, -0.1) is 12.4 Å². The first kappa shape index (κ1) is 18.8. The molecule has 22 heavy (non-hydrogen) atoms. The van der Waals surface area contributed by atoms with Crippen molar-refractivity contribution in [2.75, 3.05) is 6.54 Å². The van der Waals surface area contributed by atoms with Crippen LogP contribution in [0.25, 0.3) is 0 Å². The van der Waals surface area contributed by atoms with Crippen LogP contribution in [0.5, 0.6) is 0 Å². The van der Waals surface area contributed by atoms with Crippen molar-refractivity contribution >= 4 is 22.4 Å². The number of nitrogens with zero attached hydrogens (tertiary/aromatic N) is 1. The molecule has 2 unspecified atom stereocenters. The Hall–Kier alpha value is -1.20. The van der Waals surface area contributed by atoms with Crippen molar-refractivity contribution in [2.24, 2.45) is 11.7 Å². The number of nitriles is 1. The van der Waals surface area contributed by atoms with Crippen LogP contribution in [-0.4, -0.2) is 21.0 Å². The molecule has 0 saturated heterocycles. The van der Waals surface area contributed by atoms with Crippen molar-refractivity contribution in [3.8, 4) is 6.07 Å². The van der Waals surface area contributed by atoms with Gasteiger partial charge in [-0.2, -0.15) is 5.26 Å². The van der Waals surface area contributed by atoms with E-state index in [1.54, 1.807) is 6.07 Å². The van der Waals surface area contributed by atoms with Gasteiger partial charge in [0.2, 0.25) is 10.0 Å². The molecule has 1 fully saturated rings. The molecule has 1 aromatic rings. The standard InChI is InChI=1S/C14H18FN3O2S.ClH/c15-13-6-5-12(7-11(13)9-17)21(19,20)18-14-4-2-1-3-10(14)8-16;/h5-7,10,14,18H,1-4,8,16H2;1H. The van der Waals surface area contributed by atoms with E-state index in [0.29, 0.717) is 6.54 Å². The summed E-state index contributed by atoms with van der Waals surface area (Å²) in [5.41, 5.74) is 5.41. The van der Waals surface area contributed by atoms with Gasteiger partial charge in [0.25, 0.3) is 0 Å². The molecular formula is C14H19ClFN3O2S. The minimum atomic E-state index is -3.78. The summed E-state index contributed by atoms with van der Waals surface area (Å²) in [4.78, 5) is -0.0956. The van der Waals surface area contributed by atoms with E-state index in [0.717, 1.165) is 37.8 Å². The van der Waals surface area contributed by atoms with Crippen LogP contribution < -0.4 is 10.5 Å². The number of nitrogens with one attached hydrogen (secondary N) is 1. The molecule has 8 heteroatoms. The van der Waals surface area contributed by atoms with Crippen molar-refractivity contribution in [1.29, 1.82) is 5.26 Å². The monoisotopic (exact) mass is 347 g/mol. The predicted molar refractivity (Wildman–Crippen MR) is 83.5 cm³/mol. The molecule has 1 aliphatic carbocycles. The second-order valence-electron chi connectivity index (χ2n) is 5.26. The maximum Gasteiger partial charge on any atom is 0.240 e. The summed E-state index contributed by atoms with van der Waals surface area (Å²) in [6, 6.07) is 4.65. The summed E-state index contributed by atoms with van der Waals surface area (Å²) in [5, 5.41) is 8.79. The van der Waals surface area contributed by atoms with Gasteiger partial charge >= 0.3 is 0 Å². The molecule has 0 spiro atoms. The maximum absolute atomic E-state index is 13.3. The highest BCUT2D eigenvalue weighted by molar-refractivity contribution is 7.89. The van der Waals surface area contributed by atoms with Crippen molar-refractivity contribution in [2.45, 2.75) is 36.6 Å². The molecule has 0 amide bonds. The van der Waals surface area contributed by atoms with Gasteiger partial charge in [-0.3, -0.25) is 0 Å². The van der Waals surface area contributed by atoms with Crippen molar-refractivity contribution in [1.82, 2.24) is 4.72 Å². The van der Waals surface area contributed by atoms with Crippen LogP contribution in [0.4, 0.5) is 4.39 Å². The number of rotatable bonds is 4. The number of sulfonamides is 1. The molecule has 0 aromatic heterocycles. The zero-order chi connectivity index (χ0) is 15.5. The third-order valence-electron chi connectivity index (χ3n) is 3.89. The molecule has 0 radical (unpaired) electrons. The van der Waals surface area contributed by atoms with E-state index in [-0.39, 0.29) is 34.8 Å². The molecule has 0 aliphatic heterocycles. The Morgan fingerprint density at radius 3 is 2.68 bits per heavy atom. The number of hydrogen-bond donors (Lipinski definition) is 2. The first-order valence-electron chi connectivity index (χ1n) is 6.90. The maximum atomic E-state index is 13.3. The first-order valence-corrected chi connectivity index (χ1v) is 8.38. The third-order valence-corrected chi connectivity index (χ3v) is 5.37. The highest BCUT2D eigenvalue weighted by atomic mass is 35.5. The molecule has 3 N–H and O–H groups in total. The Bertz CT molecular complexity index is 661. The van der Waals surface area contributed by atoms with Gasteiger partial charge in [-0.25, -0.2) is 17.5 Å². The van der Waals surface area contributed by atoms with Gasteiger partial charge in [0.15, 0.2) is 0 Å². The average Bonchev–Trinajstić information content (AvgIpc) is 2.47. The molecule has 1 aliphatic rings. The number of nitrogens with two attached hydrogens (primary N) is 1. The van der Waals surface area contributed by atoms with E-state index < -0.39 is 15.8 Å². The fourth-order valence-electron chi connectivity index (χ4n) is 2.67. The Morgan fingerprint density at radius 1 is 1.36 bits per heavy atom. The molecule has 0 bridgehead atoms. The van der Waals surface area contributed by atoms with Gasteiger partial charge in [-0.05, 0) is 43.5 Å². The van der Waals surface area contributed by atoms with E-state index in [2.05, 4.69) is 4.72 Å². The molecule has 2 rings (SSSR count). The Morgan fingerprint density at radius 2 is 2.05 bits per heavy atom. The third kappa shape index (κ3) is 4.17. The second kappa shape index (κ2) is 7.88. The van der Waals surface area contributed by atoms with Crippen LogP contribution in [0.15, 0.2) is 23.1 Å². The van der Waals surface area contributed by atoms with Gasteiger partial charge in [0.1, 0.15) is 11.9 Å². The Labute approximate surface area is 136 Å². The Kier molecular flexibility index (Phi) is 6.75. The summed E-state index contributed by atoms with van der Waals surface area (Å²) in [6.45, 7) is 0.431. The highest BCUT2D eigenvalue weighted by Crippen LogP contribution is 2.25. The minimum Gasteiger partial charge on any atom is -0.330 e. The van der Waals surface area contributed by atoms with Gasteiger partial charge in [0.05, 0.1) is 10.5 Å². The summed E-state index contributed by atoms with van der Waals surface area (Å²) in [7, 11) is -3.78. The van der Waals surface area contributed by atoms with E-state index >= 15 is 0 Å². The van der Waals surface area contributed by atoms with Crippen molar-refractivity contribution in [3.63, 3.8) is 0 Å². The summed E-state index contributed by atoms with van der Waals surface area (Å²) in [5.74, 6) is -0.613. The van der Waals surface area contributed by atoms with Crippen LogP contribution >= 0.6 is 12.4 Å². The molecule has 1 aromatic carbocycles. The first-order chi connectivity index (χ1) is 9.97. The largest absolute Gasteiger partial charge is 0.330 e. The van der Waals surface area contributed by atoms with Gasteiger partial charge in [0, 0.05) is 6.04 Å². The smallest absolute Gasteiger partial charge is 0.240 e. The molecular weight excluding hydrogens is 329 g/mol. The van der Waals surface area contributed by atoms with E-state index in [1.807, 2.05) is 0 Å². The lowest BCUT2D eigenvalue weighted by molar-refractivity contribution is 0.296. The van der Waals surface area contributed by atoms with E-state index in [9.17, 15) is 12.8 Å². The van der Waals surface area contributed by atoms with Gasteiger partial charge in [-0.1, -0.05) is 12.8 Å². The Balaban J connectivity index is 0.00000242. The number of benzene rings is 1. The lowest BCUT2D eigenvalue weighted by Crippen LogP contribution is -2.44. The second-order valence-corrected chi connectivity index (χ2v) is 6.98. The molecule has 2 atom stereocenters. The van der Waals surface area contributed by atoms with Crippen molar-refractivity contribution in [3.05, 3.63) is 29.6 Å². The molecule has 1 saturated carbocycles. The number of halogens is 2. The summed E-state index contributed by atoms with van der Waals surface area (Å²) >= 11 is 0. The van der Waals surface area contributed by atoms with Crippen LogP contribution in [0.2, 0.25) is 0 Å². The van der Waals surface area contributed by atoms with E-state index in [1.165, 1.54) is 6.07 Å². The topological polar surface area (TPSA) is 96.0 Å². The normalized spacial score (nSPS) is 21.7. The van der Waals surface area contributed by atoms with Crippen LogP contribution in [0.3, 0.4) is 0 Å². The van der Waals surface area contributed by atoms with Crippen LogP contribution in [-0.2, 0) is 10.0 Å². The molecule has 5 nitrogen and oxygen atoms in total. The summed E-state index contributed by atoms with van der Waals surface area (Å²) in [6.07, 6.45) is 3.65. The summed E-state index contributed by atoms with van der Waals surface area (Å²) < 4.78 is 40.6. The fourth-order valence-corrected chi connectivity index (χ4v) is 4.03. The van der Waals surface area contributed by atoms with Crippen molar-refractivity contribution < 1.29 is 12.8 Å².